The molecule has 2 amide bonds. The summed E-state index contributed by atoms with van der Waals surface area (Å²) in [5.41, 5.74) is 0. The largest absolute Gasteiger partial charge is 0.337 e. The average Bonchev–Trinajstić information content (AvgIpc) is 2.67. The number of pyridine rings is 1. The predicted octanol–water partition coefficient (Wildman–Crippen LogP) is 2.83. The summed E-state index contributed by atoms with van der Waals surface area (Å²) in [6.07, 6.45) is 8.63. The lowest BCUT2D eigenvalue weighted by Crippen LogP contribution is -2.54. The van der Waals surface area contributed by atoms with Crippen molar-refractivity contribution < 1.29 is 4.79 Å². The molecule has 2 aliphatic rings. The zero-order valence-electron chi connectivity index (χ0n) is 14.3. The standard InChI is InChI=1S/C18H28N4OS/c23-18(20-10-15-24-17-8-4-5-9-19-17)22-13-11-21(12-14-22)16-6-2-1-3-7-16/h4-5,8-9,16H,1-3,6-7,10-15H2,(H,20,23). The van der Waals surface area contributed by atoms with E-state index in [9.17, 15) is 4.79 Å². The number of amides is 2. The topological polar surface area (TPSA) is 48.5 Å². The van der Waals surface area contributed by atoms with E-state index in [1.54, 1.807) is 18.0 Å². The lowest BCUT2D eigenvalue weighted by Gasteiger charge is -2.40. The fourth-order valence-electron chi connectivity index (χ4n) is 3.59. The van der Waals surface area contributed by atoms with Crippen LogP contribution in [0.2, 0.25) is 0 Å². The molecule has 1 aliphatic heterocycles. The highest BCUT2D eigenvalue weighted by Crippen LogP contribution is 2.23. The Morgan fingerprint density at radius 3 is 2.67 bits per heavy atom. The first kappa shape index (κ1) is 17.5. The van der Waals surface area contributed by atoms with Crippen LogP contribution in [0, 0.1) is 0 Å². The minimum absolute atomic E-state index is 0.0833. The lowest BCUT2D eigenvalue weighted by molar-refractivity contribution is 0.0908. The van der Waals surface area contributed by atoms with Crippen LogP contribution < -0.4 is 5.32 Å². The second-order valence-corrected chi connectivity index (χ2v) is 7.68. The van der Waals surface area contributed by atoms with Crippen molar-refractivity contribution in [1.82, 2.24) is 20.1 Å². The van der Waals surface area contributed by atoms with E-state index in [0.29, 0.717) is 6.54 Å². The lowest BCUT2D eigenvalue weighted by atomic mass is 9.94. The van der Waals surface area contributed by atoms with Crippen molar-refractivity contribution in [2.75, 3.05) is 38.5 Å². The molecule has 0 aromatic carbocycles. The smallest absolute Gasteiger partial charge is 0.317 e. The molecule has 2 heterocycles. The molecular weight excluding hydrogens is 320 g/mol. The maximum Gasteiger partial charge on any atom is 0.317 e. The first-order valence-electron chi connectivity index (χ1n) is 9.13. The fraction of sp³-hybridized carbons (Fsp3) is 0.667. The van der Waals surface area contributed by atoms with Gasteiger partial charge in [-0.2, -0.15) is 0 Å². The van der Waals surface area contributed by atoms with Crippen molar-refractivity contribution in [3.63, 3.8) is 0 Å². The maximum absolute atomic E-state index is 12.3. The van der Waals surface area contributed by atoms with Gasteiger partial charge in [-0.25, -0.2) is 9.78 Å². The SMILES string of the molecule is O=C(NCCSc1ccccn1)N1CCN(C2CCCCC2)CC1. The number of rotatable bonds is 5. The Hall–Kier alpha value is -1.27. The Kier molecular flexibility index (Phi) is 6.78. The van der Waals surface area contributed by atoms with Crippen molar-refractivity contribution in [1.29, 1.82) is 0 Å². The summed E-state index contributed by atoms with van der Waals surface area (Å²) in [4.78, 5) is 21.1. The van der Waals surface area contributed by atoms with Crippen LogP contribution in [0.15, 0.2) is 29.4 Å². The quantitative estimate of drug-likeness (QED) is 0.657. The van der Waals surface area contributed by atoms with Crippen molar-refractivity contribution in [2.24, 2.45) is 0 Å². The predicted molar refractivity (Wildman–Crippen MR) is 98.4 cm³/mol. The van der Waals surface area contributed by atoms with Crippen LogP contribution in [-0.4, -0.2) is 65.3 Å². The highest BCUT2D eigenvalue weighted by molar-refractivity contribution is 7.99. The highest BCUT2D eigenvalue weighted by atomic mass is 32.2. The Balaban J connectivity index is 1.31. The summed E-state index contributed by atoms with van der Waals surface area (Å²) in [5.74, 6) is 0.852. The molecule has 0 radical (unpaired) electrons. The summed E-state index contributed by atoms with van der Waals surface area (Å²) in [7, 11) is 0. The summed E-state index contributed by atoms with van der Waals surface area (Å²) in [6.45, 7) is 4.45. The summed E-state index contributed by atoms with van der Waals surface area (Å²) in [5, 5.41) is 4.04. The van der Waals surface area contributed by atoms with Gasteiger partial charge < -0.3 is 10.2 Å². The van der Waals surface area contributed by atoms with Gasteiger partial charge in [0.2, 0.25) is 0 Å². The zero-order valence-corrected chi connectivity index (χ0v) is 15.1. The number of hydrogen-bond acceptors (Lipinski definition) is 4. The number of hydrogen-bond donors (Lipinski definition) is 1. The number of carbonyl (C=O) groups is 1. The minimum Gasteiger partial charge on any atom is -0.337 e. The van der Waals surface area contributed by atoms with Crippen LogP contribution in [0.1, 0.15) is 32.1 Å². The number of piperazine rings is 1. The molecule has 2 fully saturated rings. The van der Waals surface area contributed by atoms with E-state index in [0.717, 1.165) is 43.0 Å². The van der Waals surface area contributed by atoms with Crippen LogP contribution >= 0.6 is 11.8 Å². The van der Waals surface area contributed by atoms with E-state index in [1.165, 1.54) is 32.1 Å². The van der Waals surface area contributed by atoms with E-state index in [1.807, 2.05) is 23.1 Å². The molecule has 5 nitrogen and oxygen atoms in total. The zero-order chi connectivity index (χ0) is 16.6. The number of urea groups is 1. The Morgan fingerprint density at radius 1 is 1.17 bits per heavy atom. The summed E-state index contributed by atoms with van der Waals surface area (Å²) >= 11 is 1.68. The van der Waals surface area contributed by atoms with Gasteiger partial charge in [0.05, 0.1) is 5.03 Å². The molecule has 0 spiro atoms. The fourth-order valence-corrected chi connectivity index (χ4v) is 4.32. The number of nitrogens with one attached hydrogen (secondary N) is 1. The molecule has 0 atom stereocenters. The Labute approximate surface area is 149 Å². The van der Waals surface area contributed by atoms with Crippen LogP contribution in [-0.2, 0) is 0 Å². The van der Waals surface area contributed by atoms with E-state index < -0.39 is 0 Å². The number of aromatic nitrogens is 1. The van der Waals surface area contributed by atoms with E-state index in [4.69, 9.17) is 0 Å². The molecule has 24 heavy (non-hydrogen) atoms. The third kappa shape index (κ3) is 5.11. The first-order valence-corrected chi connectivity index (χ1v) is 10.1. The van der Waals surface area contributed by atoms with Gasteiger partial charge in [0.1, 0.15) is 0 Å². The molecule has 1 aromatic rings. The van der Waals surface area contributed by atoms with Gasteiger partial charge in [-0.1, -0.05) is 25.3 Å². The second kappa shape index (κ2) is 9.28. The van der Waals surface area contributed by atoms with Gasteiger partial charge in [0, 0.05) is 50.7 Å². The Bertz CT molecular complexity index is 499. The molecule has 0 unspecified atom stereocenters. The van der Waals surface area contributed by atoms with Gasteiger partial charge in [0.25, 0.3) is 0 Å². The molecule has 3 rings (SSSR count). The van der Waals surface area contributed by atoms with E-state index >= 15 is 0 Å². The van der Waals surface area contributed by atoms with Crippen LogP contribution in [0.5, 0.6) is 0 Å². The van der Waals surface area contributed by atoms with Crippen molar-refractivity contribution in [3.05, 3.63) is 24.4 Å². The van der Waals surface area contributed by atoms with Gasteiger partial charge in [0.15, 0.2) is 0 Å². The van der Waals surface area contributed by atoms with Crippen LogP contribution in [0.25, 0.3) is 0 Å². The molecule has 1 N–H and O–H groups in total. The number of thioether (sulfide) groups is 1. The molecular formula is C18H28N4OS. The van der Waals surface area contributed by atoms with Crippen molar-refractivity contribution in [2.45, 2.75) is 43.2 Å². The van der Waals surface area contributed by atoms with Crippen LogP contribution in [0.4, 0.5) is 4.79 Å². The number of nitrogens with zero attached hydrogens (tertiary/aromatic N) is 3. The molecule has 0 bridgehead atoms. The van der Waals surface area contributed by atoms with E-state index in [2.05, 4.69) is 15.2 Å². The molecule has 132 valence electrons. The van der Waals surface area contributed by atoms with Gasteiger partial charge in [-0.3, -0.25) is 4.90 Å². The van der Waals surface area contributed by atoms with Crippen molar-refractivity contribution in [3.8, 4) is 0 Å². The minimum atomic E-state index is 0.0833. The first-order chi connectivity index (χ1) is 11.8. The van der Waals surface area contributed by atoms with Gasteiger partial charge >= 0.3 is 6.03 Å². The van der Waals surface area contributed by atoms with Crippen LogP contribution in [0.3, 0.4) is 0 Å². The molecule has 6 heteroatoms. The Morgan fingerprint density at radius 2 is 1.96 bits per heavy atom. The summed E-state index contributed by atoms with van der Waals surface area (Å²) < 4.78 is 0. The number of carbonyl (C=O) groups excluding carboxylic acids is 1. The molecule has 1 saturated heterocycles. The third-order valence-corrected chi connectivity index (χ3v) is 5.90. The highest BCUT2D eigenvalue weighted by Gasteiger charge is 2.26. The average molecular weight is 349 g/mol. The molecule has 1 aromatic heterocycles. The van der Waals surface area contributed by atoms with Gasteiger partial charge in [-0.05, 0) is 25.0 Å². The monoisotopic (exact) mass is 348 g/mol. The molecule has 1 saturated carbocycles. The normalized spacial score (nSPS) is 20.1. The third-order valence-electron chi connectivity index (χ3n) is 4.96. The van der Waals surface area contributed by atoms with E-state index in [-0.39, 0.29) is 6.03 Å². The van der Waals surface area contributed by atoms with Gasteiger partial charge in [-0.15, -0.1) is 11.8 Å². The maximum atomic E-state index is 12.3. The molecule has 1 aliphatic carbocycles. The second-order valence-electron chi connectivity index (χ2n) is 6.56. The summed E-state index contributed by atoms with van der Waals surface area (Å²) in [6, 6.07) is 6.74. The van der Waals surface area contributed by atoms with Crippen molar-refractivity contribution >= 4 is 17.8 Å².